The van der Waals surface area contributed by atoms with Gasteiger partial charge in [0.25, 0.3) is 0 Å². The van der Waals surface area contributed by atoms with Gasteiger partial charge in [0.1, 0.15) is 6.54 Å². The number of guanidine groups is 1. The molecule has 1 saturated heterocycles. The molecule has 132 valence electrons. The summed E-state index contributed by atoms with van der Waals surface area (Å²) in [5.74, 6) is -1.46. The summed E-state index contributed by atoms with van der Waals surface area (Å²) in [4.78, 5) is 24.8. The first kappa shape index (κ1) is 15.2. The van der Waals surface area contributed by atoms with Crippen LogP contribution in [0.15, 0.2) is 4.51 Å². The molecule has 1 N–H and O–H groups in total. The summed E-state index contributed by atoms with van der Waals surface area (Å²) < 4.78 is 31.4. The molecule has 23 heavy (non-hydrogen) atoms. The highest BCUT2D eigenvalue weighted by Crippen LogP contribution is 2.12. The number of amides is 1. The van der Waals surface area contributed by atoms with Crippen molar-refractivity contribution in [2.24, 2.45) is 4.51 Å². The number of ether oxygens (including phenoxy) is 1. The van der Waals surface area contributed by atoms with Crippen LogP contribution in [0.25, 0.3) is 0 Å². The number of nitrogens with one attached hydrogen (secondary N) is 1. The Labute approximate surface area is 147 Å². The first-order valence-electron chi connectivity index (χ1n) is 9.70. The van der Waals surface area contributed by atoms with Crippen molar-refractivity contribution in [1.29, 1.82) is 0 Å². The predicted molar refractivity (Wildman–Crippen MR) is 91.2 cm³/mol. The summed E-state index contributed by atoms with van der Waals surface area (Å²) in [5, 5.41) is 2.39. The van der Waals surface area contributed by atoms with Crippen molar-refractivity contribution in [1.82, 2.24) is 10.2 Å². The van der Waals surface area contributed by atoms with Gasteiger partial charge < -0.3 is 9.64 Å². The van der Waals surface area contributed by atoms with Crippen molar-refractivity contribution >= 4 is 29.6 Å². The third kappa shape index (κ3) is 8.79. The van der Waals surface area contributed by atoms with Gasteiger partial charge in [0.05, 0.1) is 6.10 Å². The summed E-state index contributed by atoms with van der Waals surface area (Å²) in [7, 11) is 0. The average molecular weight is 349 g/mol. The molecule has 1 unspecified atom stereocenters. The van der Waals surface area contributed by atoms with Gasteiger partial charge in [0.15, 0.2) is 0 Å². The quantitative estimate of drug-likeness (QED) is 0.683. The Morgan fingerprint density at radius 3 is 2.52 bits per heavy atom. The fourth-order valence-corrected chi connectivity index (χ4v) is 2.58. The van der Waals surface area contributed by atoms with E-state index in [9.17, 15) is 9.59 Å². The standard InChI is InChI=1S/C16H28ClN3O3/c1-13-10-8-6-4-3-5-7-9-11-14(21)18-16(19-17)20(2)12-15(22)23-13/h13H,3-12H2,1-2H3,(H,18,19,21)/i2D3. The minimum Gasteiger partial charge on any atom is -0.461 e. The van der Waals surface area contributed by atoms with E-state index in [2.05, 4.69) is 9.83 Å². The highest BCUT2D eigenvalue weighted by Gasteiger charge is 2.17. The topological polar surface area (TPSA) is 71.0 Å². The van der Waals surface area contributed by atoms with Crippen LogP contribution in [0.1, 0.15) is 68.8 Å². The number of nitrogens with zero attached hydrogens (tertiary/aromatic N) is 2. The maximum absolute atomic E-state index is 12.1. The van der Waals surface area contributed by atoms with Gasteiger partial charge in [-0.05, 0) is 26.2 Å². The number of hydrogen-bond acceptors (Lipinski definition) is 4. The van der Waals surface area contributed by atoms with Gasteiger partial charge in [-0.2, -0.15) is 0 Å². The molecule has 6 nitrogen and oxygen atoms in total. The molecule has 7 heteroatoms. The van der Waals surface area contributed by atoms with Gasteiger partial charge >= 0.3 is 5.97 Å². The maximum atomic E-state index is 12.1. The number of carbonyl (C=O) groups excluding carboxylic acids is 2. The van der Waals surface area contributed by atoms with Crippen LogP contribution in [0, 0.1) is 0 Å². The lowest BCUT2D eigenvalue weighted by atomic mass is 10.1. The van der Waals surface area contributed by atoms with Gasteiger partial charge in [-0.1, -0.05) is 32.1 Å². The second kappa shape index (κ2) is 11.3. The molecule has 0 aromatic heterocycles. The lowest BCUT2D eigenvalue weighted by molar-refractivity contribution is -0.148. The lowest BCUT2D eigenvalue weighted by Gasteiger charge is -2.21. The van der Waals surface area contributed by atoms with E-state index < -0.39 is 19.5 Å². The Bertz CT molecular complexity index is 501. The van der Waals surface area contributed by atoms with Gasteiger partial charge in [0.2, 0.25) is 11.9 Å². The molecule has 0 radical (unpaired) electrons. The third-order valence-corrected chi connectivity index (χ3v) is 3.88. The van der Waals surface area contributed by atoms with Crippen LogP contribution >= 0.6 is 11.8 Å². The van der Waals surface area contributed by atoms with Crippen molar-refractivity contribution in [2.45, 2.75) is 70.8 Å². The molecule has 0 bridgehead atoms. The first-order chi connectivity index (χ1) is 12.2. The fraction of sp³-hybridized carbons (Fsp3) is 0.812. The number of cyclic esters (lactones) is 1. The second-order valence-corrected chi connectivity index (χ2v) is 6.03. The minimum absolute atomic E-state index is 0.242. The van der Waals surface area contributed by atoms with Gasteiger partial charge in [0, 0.05) is 29.3 Å². The molecule has 0 aromatic carbocycles. The first-order valence-corrected chi connectivity index (χ1v) is 8.53. The number of halogens is 1. The van der Waals surface area contributed by atoms with Crippen molar-refractivity contribution < 1.29 is 18.4 Å². The smallest absolute Gasteiger partial charge is 0.325 e. The van der Waals surface area contributed by atoms with Crippen LogP contribution in [-0.4, -0.2) is 42.4 Å². The van der Waals surface area contributed by atoms with Crippen LogP contribution in [0.2, 0.25) is 0 Å². The van der Waals surface area contributed by atoms with E-state index in [4.69, 9.17) is 20.6 Å². The molecule has 0 aliphatic carbocycles. The number of rotatable bonds is 0. The Balaban J connectivity index is 2.87. The van der Waals surface area contributed by atoms with Crippen LogP contribution < -0.4 is 5.32 Å². The number of likely N-dealkylation sites (N-methyl/N-ethyl adjacent to an activating group) is 1. The monoisotopic (exact) mass is 348 g/mol. The fourth-order valence-electron chi connectivity index (χ4n) is 2.45. The largest absolute Gasteiger partial charge is 0.461 e. The van der Waals surface area contributed by atoms with Crippen LogP contribution in [0.4, 0.5) is 0 Å². The summed E-state index contributed by atoms with van der Waals surface area (Å²) in [6, 6.07) is 0. The van der Waals surface area contributed by atoms with Crippen molar-refractivity contribution in [2.75, 3.05) is 13.5 Å². The molecule has 1 heterocycles. The molecule has 1 fully saturated rings. The number of esters is 1. The van der Waals surface area contributed by atoms with Crippen molar-refractivity contribution in [3.05, 3.63) is 0 Å². The van der Waals surface area contributed by atoms with Gasteiger partial charge in [-0.15, -0.1) is 4.51 Å². The van der Waals surface area contributed by atoms with E-state index in [1.165, 1.54) is 0 Å². The van der Waals surface area contributed by atoms with E-state index in [0.717, 1.165) is 44.9 Å². The Morgan fingerprint density at radius 2 is 1.87 bits per heavy atom. The normalized spacial score (nSPS) is 28.1. The zero-order chi connectivity index (χ0) is 19.6. The molecule has 1 rings (SSSR count). The van der Waals surface area contributed by atoms with Crippen LogP contribution in [0.3, 0.4) is 0 Å². The SMILES string of the molecule is [2H]C([2H])([2H])N1CC(=O)OC(C)CCCCCCCCCC(=O)NC1=NCl. The summed E-state index contributed by atoms with van der Waals surface area (Å²) in [6.45, 7) is -1.50. The summed E-state index contributed by atoms with van der Waals surface area (Å²) in [5.41, 5.74) is 0. The molecule has 0 spiro atoms. The maximum Gasteiger partial charge on any atom is 0.325 e. The highest BCUT2D eigenvalue weighted by atomic mass is 35.5. The zero-order valence-corrected chi connectivity index (χ0v) is 14.4. The zero-order valence-electron chi connectivity index (χ0n) is 16.6. The van der Waals surface area contributed by atoms with E-state index in [-0.39, 0.29) is 24.4 Å². The molecule has 0 aromatic rings. The van der Waals surface area contributed by atoms with Gasteiger partial charge in [-0.3, -0.25) is 14.9 Å². The van der Waals surface area contributed by atoms with Crippen LogP contribution in [-0.2, 0) is 14.3 Å². The molecule has 1 aliphatic heterocycles. The van der Waals surface area contributed by atoms with E-state index in [0.29, 0.717) is 11.3 Å². The molecular formula is C16H28ClN3O3. The van der Waals surface area contributed by atoms with E-state index in [1.807, 2.05) is 0 Å². The molecule has 0 saturated carbocycles. The Kier molecular flexibility index (Phi) is 7.47. The summed E-state index contributed by atoms with van der Waals surface area (Å²) >= 11 is 5.47. The number of hydrogen-bond donors (Lipinski definition) is 1. The molecular weight excluding hydrogens is 318 g/mol. The van der Waals surface area contributed by atoms with Crippen molar-refractivity contribution in [3.8, 4) is 0 Å². The van der Waals surface area contributed by atoms with Gasteiger partial charge in [-0.25, -0.2) is 0 Å². The van der Waals surface area contributed by atoms with Crippen molar-refractivity contribution in [3.63, 3.8) is 0 Å². The predicted octanol–water partition coefficient (Wildman–Crippen LogP) is 3.00. The van der Waals surface area contributed by atoms with E-state index in [1.54, 1.807) is 6.92 Å². The minimum atomic E-state index is -2.70. The molecule has 1 atom stereocenters. The van der Waals surface area contributed by atoms with Crippen LogP contribution in [0.5, 0.6) is 0 Å². The Hall–Kier alpha value is -1.30. The Morgan fingerprint density at radius 1 is 1.22 bits per heavy atom. The number of carbonyl (C=O) groups is 2. The third-order valence-electron chi connectivity index (χ3n) is 3.72. The van der Waals surface area contributed by atoms with E-state index >= 15 is 0 Å². The molecule has 1 aliphatic rings. The molecule has 1 amide bonds. The average Bonchev–Trinajstić information content (AvgIpc) is 2.54. The lowest BCUT2D eigenvalue weighted by Crippen LogP contribution is -2.44. The summed E-state index contributed by atoms with van der Waals surface area (Å²) in [6.07, 6.45) is 7.59. The highest BCUT2D eigenvalue weighted by molar-refractivity contribution is 6.20. The second-order valence-electron chi connectivity index (χ2n) is 5.86.